The van der Waals surface area contributed by atoms with Crippen molar-refractivity contribution in [3.05, 3.63) is 63.1 Å². The van der Waals surface area contributed by atoms with Gasteiger partial charge in [0.15, 0.2) is 0 Å². The molecule has 2 saturated heterocycles. The van der Waals surface area contributed by atoms with Crippen LogP contribution in [0.25, 0.3) is 0 Å². The Balaban J connectivity index is 1.27. The Labute approximate surface area is 244 Å². The second-order valence-corrected chi connectivity index (χ2v) is 13.4. The number of hydrogen-bond acceptors (Lipinski definition) is 5. The van der Waals surface area contributed by atoms with Gasteiger partial charge in [-0.15, -0.1) is 0 Å². The number of likely N-dealkylation sites (tertiary alicyclic amines) is 1. The molecule has 2 fully saturated rings. The fourth-order valence-corrected chi connectivity index (χ4v) is 7.79. The summed E-state index contributed by atoms with van der Waals surface area (Å²) in [6.07, 6.45) is 2.70. The molecule has 12 heteroatoms. The lowest BCUT2D eigenvalue weighted by Crippen LogP contribution is -2.58. The minimum atomic E-state index is -4.11. The van der Waals surface area contributed by atoms with E-state index in [9.17, 15) is 22.4 Å². The number of rotatable bonds is 7. The van der Waals surface area contributed by atoms with Crippen molar-refractivity contribution in [2.45, 2.75) is 68.2 Å². The van der Waals surface area contributed by atoms with E-state index in [0.29, 0.717) is 12.8 Å². The molecule has 2 heterocycles. The summed E-state index contributed by atoms with van der Waals surface area (Å²) in [5.74, 6) is -0.914. The number of carbonyl (C=O) groups excluding carboxylic acids is 2. The van der Waals surface area contributed by atoms with Crippen LogP contribution in [0.1, 0.15) is 54.8 Å². The molecular formula is C28H33Cl2FN4O4S. The molecule has 2 N–H and O–H groups in total. The molecule has 0 spiro atoms. The van der Waals surface area contributed by atoms with Crippen molar-refractivity contribution in [1.82, 2.24) is 19.8 Å². The molecule has 40 heavy (non-hydrogen) atoms. The molecule has 3 aliphatic rings. The van der Waals surface area contributed by atoms with E-state index in [1.165, 1.54) is 29.3 Å². The topological polar surface area (TPSA) is 98.8 Å². The van der Waals surface area contributed by atoms with Gasteiger partial charge in [0.05, 0.1) is 27.4 Å². The summed E-state index contributed by atoms with van der Waals surface area (Å²) in [7, 11) is -4.11. The minimum Gasteiger partial charge on any atom is -0.353 e. The van der Waals surface area contributed by atoms with Crippen LogP contribution in [0.2, 0.25) is 10.0 Å². The fraction of sp³-hybridized carbons (Fsp3) is 0.500. The molecule has 0 aromatic heterocycles. The number of nitrogens with one attached hydrogen (secondary N) is 2. The summed E-state index contributed by atoms with van der Waals surface area (Å²) in [6.45, 7) is 2.45. The first-order chi connectivity index (χ1) is 19.1. The van der Waals surface area contributed by atoms with Gasteiger partial charge in [0.1, 0.15) is 12.2 Å². The summed E-state index contributed by atoms with van der Waals surface area (Å²) in [5, 5.41) is 6.02. The SMILES string of the molecule is O=C(CC1C(=O)NCCN1S(=O)(=O)c1ccc(Cl)c(Cl)c1)N[C@@H]1CCCc2cc(CN3CCC(F)CC3)ccc21. The van der Waals surface area contributed by atoms with Crippen LogP contribution in [-0.4, -0.2) is 67.8 Å². The molecule has 0 bridgehead atoms. The number of carbonyl (C=O) groups is 2. The maximum atomic E-state index is 13.5. The average Bonchev–Trinajstić information content (AvgIpc) is 2.92. The van der Waals surface area contributed by atoms with E-state index in [0.717, 1.165) is 48.8 Å². The highest BCUT2D eigenvalue weighted by molar-refractivity contribution is 7.89. The van der Waals surface area contributed by atoms with Crippen LogP contribution < -0.4 is 10.6 Å². The number of aryl methyl sites for hydroxylation is 1. The van der Waals surface area contributed by atoms with Crippen LogP contribution in [0.15, 0.2) is 41.3 Å². The molecule has 5 rings (SSSR count). The lowest BCUT2D eigenvalue weighted by Gasteiger charge is -2.34. The summed E-state index contributed by atoms with van der Waals surface area (Å²) < 4.78 is 41.4. The van der Waals surface area contributed by atoms with Gasteiger partial charge in [0.2, 0.25) is 21.8 Å². The molecule has 2 aliphatic heterocycles. The third-order valence-corrected chi connectivity index (χ3v) is 10.6. The molecule has 2 amide bonds. The van der Waals surface area contributed by atoms with E-state index in [-0.39, 0.29) is 40.5 Å². The average molecular weight is 612 g/mol. The summed E-state index contributed by atoms with van der Waals surface area (Å²) >= 11 is 12.0. The molecule has 8 nitrogen and oxygen atoms in total. The molecule has 0 saturated carbocycles. The Morgan fingerprint density at radius 3 is 2.58 bits per heavy atom. The molecule has 0 radical (unpaired) electrons. The van der Waals surface area contributed by atoms with Gasteiger partial charge in [0, 0.05) is 32.7 Å². The maximum absolute atomic E-state index is 13.5. The van der Waals surface area contributed by atoms with Crippen molar-refractivity contribution in [3.63, 3.8) is 0 Å². The summed E-state index contributed by atoms with van der Waals surface area (Å²) in [6, 6.07) is 8.85. The van der Waals surface area contributed by atoms with Gasteiger partial charge in [-0.05, 0) is 67.0 Å². The van der Waals surface area contributed by atoms with Gasteiger partial charge in [-0.2, -0.15) is 4.31 Å². The fourth-order valence-electron chi connectivity index (χ4n) is 5.81. The van der Waals surface area contributed by atoms with Gasteiger partial charge in [0.25, 0.3) is 0 Å². The second-order valence-electron chi connectivity index (χ2n) is 10.7. The predicted octanol–water partition coefficient (Wildman–Crippen LogP) is 4.00. The van der Waals surface area contributed by atoms with Crippen molar-refractivity contribution in [3.8, 4) is 0 Å². The Morgan fingerprint density at radius 2 is 1.82 bits per heavy atom. The van der Waals surface area contributed by atoms with Crippen molar-refractivity contribution in [2.24, 2.45) is 0 Å². The second kappa shape index (κ2) is 12.3. The number of benzene rings is 2. The van der Waals surface area contributed by atoms with Gasteiger partial charge in [-0.1, -0.05) is 41.4 Å². The molecule has 216 valence electrons. The van der Waals surface area contributed by atoms with E-state index in [4.69, 9.17) is 23.2 Å². The Kier molecular flexibility index (Phi) is 9.01. The molecule has 2 aromatic rings. The number of amides is 2. The van der Waals surface area contributed by atoms with Crippen LogP contribution in [0.4, 0.5) is 4.39 Å². The number of sulfonamides is 1. The van der Waals surface area contributed by atoms with E-state index < -0.39 is 34.1 Å². The molecular weight excluding hydrogens is 578 g/mol. The smallest absolute Gasteiger partial charge is 0.243 e. The van der Waals surface area contributed by atoms with Crippen LogP contribution in [-0.2, 0) is 32.6 Å². The third kappa shape index (κ3) is 6.46. The van der Waals surface area contributed by atoms with E-state index in [2.05, 4.69) is 27.7 Å². The standard InChI is InChI=1S/C28H33Cl2FN4O4S/c29-23-7-5-21(15-24(23)30)40(38,39)35-13-10-32-28(37)26(35)16-27(36)33-25-3-1-2-19-14-18(4-6-22(19)25)17-34-11-8-20(31)9-12-34/h4-7,14-15,20,25-26H,1-3,8-13,16-17H2,(H,32,37)(H,33,36)/t25-,26?/m1/s1. The van der Waals surface area contributed by atoms with Crippen molar-refractivity contribution in [1.29, 1.82) is 0 Å². The number of alkyl halides is 1. The number of piperidine rings is 1. The lowest BCUT2D eigenvalue weighted by atomic mass is 9.86. The Bertz CT molecular complexity index is 1380. The van der Waals surface area contributed by atoms with E-state index >= 15 is 0 Å². The number of hydrogen-bond donors (Lipinski definition) is 2. The molecule has 1 aliphatic carbocycles. The zero-order valence-corrected chi connectivity index (χ0v) is 24.4. The first kappa shape index (κ1) is 29.3. The number of fused-ring (bicyclic) bond motifs is 1. The third-order valence-electron chi connectivity index (χ3n) is 7.94. The highest BCUT2D eigenvalue weighted by Crippen LogP contribution is 2.32. The van der Waals surface area contributed by atoms with E-state index in [1.54, 1.807) is 0 Å². The van der Waals surface area contributed by atoms with Gasteiger partial charge in [-0.25, -0.2) is 12.8 Å². The quantitative estimate of drug-likeness (QED) is 0.494. The Hall–Kier alpha value is -2.24. The van der Waals surface area contributed by atoms with Gasteiger partial charge in [-0.3, -0.25) is 14.5 Å². The molecule has 1 unspecified atom stereocenters. The number of piperazine rings is 1. The lowest BCUT2D eigenvalue weighted by molar-refractivity contribution is -0.132. The van der Waals surface area contributed by atoms with Crippen molar-refractivity contribution < 1.29 is 22.4 Å². The Morgan fingerprint density at radius 1 is 1.05 bits per heavy atom. The zero-order chi connectivity index (χ0) is 28.4. The van der Waals surface area contributed by atoms with Crippen LogP contribution in [0, 0.1) is 0 Å². The summed E-state index contributed by atoms with van der Waals surface area (Å²) in [5.41, 5.74) is 3.39. The molecule has 2 aromatic carbocycles. The largest absolute Gasteiger partial charge is 0.353 e. The van der Waals surface area contributed by atoms with Gasteiger partial charge < -0.3 is 10.6 Å². The highest BCUT2D eigenvalue weighted by Gasteiger charge is 2.40. The highest BCUT2D eigenvalue weighted by atomic mass is 35.5. The first-order valence-corrected chi connectivity index (χ1v) is 15.8. The predicted molar refractivity (Wildman–Crippen MR) is 151 cm³/mol. The van der Waals surface area contributed by atoms with Crippen LogP contribution >= 0.6 is 23.2 Å². The monoisotopic (exact) mass is 610 g/mol. The van der Waals surface area contributed by atoms with Crippen molar-refractivity contribution >= 4 is 45.0 Å². The normalized spacial score (nSPS) is 22.9. The van der Waals surface area contributed by atoms with Gasteiger partial charge >= 0.3 is 0 Å². The number of nitrogens with zero attached hydrogens (tertiary/aromatic N) is 2. The van der Waals surface area contributed by atoms with Crippen molar-refractivity contribution in [2.75, 3.05) is 26.2 Å². The van der Waals surface area contributed by atoms with E-state index in [1.807, 2.05) is 6.07 Å². The number of halogens is 3. The summed E-state index contributed by atoms with van der Waals surface area (Å²) in [4.78, 5) is 28.2. The van der Waals surface area contributed by atoms with Crippen LogP contribution in [0.3, 0.4) is 0 Å². The zero-order valence-electron chi connectivity index (χ0n) is 22.0. The minimum absolute atomic E-state index is 0.0321. The first-order valence-electron chi connectivity index (χ1n) is 13.6. The molecule has 2 atom stereocenters. The maximum Gasteiger partial charge on any atom is 0.243 e. The van der Waals surface area contributed by atoms with Crippen LogP contribution in [0.5, 0.6) is 0 Å².